The van der Waals surface area contributed by atoms with Crippen molar-refractivity contribution in [2.45, 2.75) is 32.9 Å². The van der Waals surface area contributed by atoms with Crippen molar-refractivity contribution in [3.63, 3.8) is 0 Å². The molecule has 23 heavy (non-hydrogen) atoms. The summed E-state index contributed by atoms with van der Waals surface area (Å²) < 4.78 is 0. The third kappa shape index (κ3) is 5.85. The summed E-state index contributed by atoms with van der Waals surface area (Å²) in [5.41, 5.74) is 2.13. The number of benzene rings is 2. The van der Waals surface area contributed by atoms with Crippen LogP contribution in [-0.4, -0.2) is 11.4 Å². The molecule has 2 aromatic rings. The number of rotatable bonds is 7. The van der Waals surface area contributed by atoms with Gasteiger partial charge < -0.3 is 0 Å². The first-order valence-electron chi connectivity index (χ1n) is 7.59. The smallest absolute Gasteiger partial charge is 0.0465 e. The molecule has 0 spiro atoms. The van der Waals surface area contributed by atoms with Gasteiger partial charge in [0, 0.05) is 33.2 Å². The van der Waals surface area contributed by atoms with E-state index in [1.54, 1.807) is 12.1 Å². The molecule has 0 radical (unpaired) electrons. The highest BCUT2D eigenvalue weighted by molar-refractivity contribution is 6.35. The molecular formula is C18H19Cl4N. The number of hydrogen-bond acceptors (Lipinski definition) is 1. The van der Waals surface area contributed by atoms with Crippen LogP contribution >= 0.6 is 46.4 Å². The standard InChI is InChI=1S/C18H19Cl4N/c1-2-3-8-23(11-13-4-6-15(19)9-17(13)21)12-14-5-7-16(20)10-18(14)22/h4-7,9-10H,2-3,8,11-12H2,1H3. The van der Waals surface area contributed by atoms with Crippen molar-refractivity contribution in [3.05, 3.63) is 67.6 Å². The van der Waals surface area contributed by atoms with E-state index >= 15 is 0 Å². The Balaban J connectivity index is 2.15. The van der Waals surface area contributed by atoms with Crippen molar-refractivity contribution < 1.29 is 0 Å². The minimum atomic E-state index is 0.652. The molecule has 0 saturated heterocycles. The minimum absolute atomic E-state index is 0.652. The highest BCUT2D eigenvalue weighted by Gasteiger charge is 2.12. The molecule has 0 aliphatic carbocycles. The van der Waals surface area contributed by atoms with Crippen LogP contribution in [0.2, 0.25) is 20.1 Å². The van der Waals surface area contributed by atoms with Crippen molar-refractivity contribution in [3.8, 4) is 0 Å². The SMILES string of the molecule is CCCCN(Cc1ccc(Cl)cc1Cl)Cc1ccc(Cl)cc1Cl. The van der Waals surface area contributed by atoms with Gasteiger partial charge in [-0.2, -0.15) is 0 Å². The van der Waals surface area contributed by atoms with Crippen LogP contribution in [0.1, 0.15) is 30.9 Å². The zero-order valence-corrected chi connectivity index (χ0v) is 16.0. The van der Waals surface area contributed by atoms with Gasteiger partial charge in [-0.1, -0.05) is 71.9 Å². The van der Waals surface area contributed by atoms with Gasteiger partial charge in [-0.15, -0.1) is 0 Å². The van der Waals surface area contributed by atoms with Crippen molar-refractivity contribution in [1.82, 2.24) is 4.90 Å². The van der Waals surface area contributed by atoms with E-state index in [2.05, 4.69) is 11.8 Å². The lowest BCUT2D eigenvalue weighted by Crippen LogP contribution is -2.24. The molecular weight excluding hydrogens is 372 g/mol. The van der Waals surface area contributed by atoms with E-state index in [1.165, 1.54) is 0 Å². The molecule has 0 aliphatic heterocycles. The normalized spacial score (nSPS) is 11.2. The lowest BCUT2D eigenvalue weighted by atomic mass is 10.1. The predicted molar refractivity (Wildman–Crippen MR) is 102 cm³/mol. The van der Waals surface area contributed by atoms with E-state index in [0.717, 1.165) is 43.6 Å². The van der Waals surface area contributed by atoms with Crippen LogP contribution in [-0.2, 0) is 13.1 Å². The lowest BCUT2D eigenvalue weighted by molar-refractivity contribution is 0.252. The van der Waals surface area contributed by atoms with E-state index in [-0.39, 0.29) is 0 Å². The van der Waals surface area contributed by atoms with E-state index in [0.29, 0.717) is 20.1 Å². The van der Waals surface area contributed by atoms with Crippen molar-refractivity contribution in [1.29, 1.82) is 0 Å². The summed E-state index contributed by atoms with van der Waals surface area (Å²) in [4.78, 5) is 2.34. The maximum absolute atomic E-state index is 6.31. The molecule has 0 N–H and O–H groups in total. The highest BCUT2D eigenvalue weighted by atomic mass is 35.5. The van der Waals surface area contributed by atoms with Gasteiger partial charge in [0.05, 0.1) is 0 Å². The van der Waals surface area contributed by atoms with Gasteiger partial charge in [0.25, 0.3) is 0 Å². The topological polar surface area (TPSA) is 3.24 Å². The number of halogens is 4. The minimum Gasteiger partial charge on any atom is -0.295 e. The summed E-state index contributed by atoms with van der Waals surface area (Å²) in [5, 5.41) is 2.70. The largest absolute Gasteiger partial charge is 0.295 e. The summed E-state index contributed by atoms with van der Waals surface area (Å²) in [5.74, 6) is 0. The molecule has 0 atom stereocenters. The summed E-state index contributed by atoms with van der Waals surface area (Å²) in [6, 6.07) is 11.3. The fourth-order valence-electron chi connectivity index (χ4n) is 2.38. The number of nitrogens with zero attached hydrogens (tertiary/aromatic N) is 1. The maximum Gasteiger partial charge on any atom is 0.0465 e. The van der Waals surface area contributed by atoms with Crippen molar-refractivity contribution >= 4 is 46.4 Å². The second-order valence-electron chi connectivity index (χ2n) is 5.54. The Morgan fingerprint density at radius 3 is 1.65 bits per heavy atom. The Morgan fingerprint density at radius 1 is 0.783 bits per heavy atom. The lowest BCUT2D eigenvalue weighted by Gasteiger charge is -2.23. The fraction of sp³-hybridized carbons (Fsp3) is 0.333. The predicted octanol–water partition coefficient (Wildman–Crippen LogP) is 7.10. The first kappa shape index (κ1) is 18.9. The van der Waals surface area contributed by atoms with Crippen LogP contribution in [0.5, 0.6) is 0 Å². The summed E-state index contributed by atoms with van der Waals surface area (Å²) in [7, 11) is 0. The van der Waals surface area contributed by atoms with Crippen LogP contribution in [0.15, 0.2) is 36.4 Å². The monoisotopic (exact) mass is 389 g/mol. The molecule has 124 valence electrons. The zero-order valence-electron chi connectivity index (χ0n) is 13.0. The van der Waals surface area contributed by atoms with Crippen LogP contribution in [0.25, 0.3) is 0 Å². The van der Waals surface area contributed by atoms with Crippen LogP contribution in [0, 0.1) is 0 Å². The third-order valence-corrected chi connectivity index (χ3v) is 4.82. The van der Waals surface area contributed by atoms with Gasteiger partial charge in [-0.25, -0.2) is 0 Å². The van der Waals surface area contributed by atoms with Crippen molar-refractivity contribution in [2.24, 2.45) is 0 Å². The molecule has 1 nitrogen and oxygen atoms in total. The van der Waals surface area contributed by atoms with Gasteiger partial charge in [-0.3, -0.25) is 4.90 Å². The Bertz CT molecular complexity index is 604. The van der Waals surface area contributed by atoms with Crippen molar-refractivity contribution in [2.75, 3.05) is 6.54 Å². The second-order valence-corrected chi connectivity index (χ2v) is 7.22. The fourth-order valence-corrected chi connectivity index (χ4v) is 3.31. The molecule has 0 fully saturated rings. The summed E-state index contributed by atoms with van der Waals surface area (Å²) in [6.07, 6.45) is 2.26. The van der Waals surface area contributed by atoms with Gasteiger partial charge in [0.1, 0.15) is 0 Å². The second kappa shape index (κ2) is 9.15. The first-order chi connectivity index (χ1) is 11.0. The van der Waals surface area contributed by atoms with Gasteiger partial charge >= 0.3 is 0 Å². The van der Waals surface area contributed by atoms with Gasteiger partial charge in [-0.05, 0) is 48.4 Å². The molecule has 0 amide bonds. The Labute approximate surface area is 158 Å². The molecule has 0 heterocycles. The molecule has 2 aromatic carbocycles. The molecule has 2 rings (SSSR count). The zero-order chi connectivity index (χ0) is 16.8. The number of unbranched alkanes of at least 4 members (excludes halogenated alkanes) is 1. The highest BCUT2D eigenvalue weighted by Crippen LogP contribution is 2.26. The van der Waals surface area contributed by atoms with Crippen LogP contribution < -0.4 is 0 Å². The Hall–Kier alpha value is -0.440. The van der Waals surface area contributed by atoms with Gasteiger partial charge in [0.2, 0.25) is 0 Å². The van der Waals surface area contributed by atoms with Gasteiger partial charge in [0.15, 0.2) is 0 Å². The van der Waals surface area contributed by atoms with E-state index in [4.69, 9.17) is 46.4 Å². The van der Waals surface area contributed by atoms with E-state index in [9.17, 15) is 0 Å². The van der Waals surface area contributed by atoms with E-state index < -0.39 is 0 Å². The molecule has 0 unspecified atom stereocenters. The first-order valence-corrected chi connectivity index (χ1v) is 9.11. The Morgan fingerprint density at radius 2 is 1.26 bits per heavy atom. The average Bonchev–Trinajstić information content (AvgIpc) is 2.50. The number of hydrogen-bond donors (Lipinski definition) is 0. The Kier molecular flexibility index (Phi) is 7.52. The average molecular weight is 391 g/mol. The van der Waals surface area contributed by atoms with E-state index in [1.807, 2.05) is 24.3 Å². The molecule has 0 aliphatic rings. The van der Waals surface area contributed by atoms with Crippen LogP contribution in [0.4, 0.5) is 0 Å². The molecule has 5 heteroatoms. The quantitative estimate of drug-likeness (QED) is 0.487. The summed E-state index contributed by atoms with van der Waals surface area (Å²) >= 11 is 24.6. The molecule has 0 saturated carbocycles. The van der Waals surface area contributed by atoms with Crippen LogP contribution in [0.3, 0.4) is 0 Å². The molecule has 0 aromatic heterocycles. The molecule has 0 bridgehead atoms. The third-order valence-electron chi connectivity index (χ3n) is 3.65. The maximum atomic E-state index is 6.31. The summed E-state index contributed by atoms with van der Waals surface area (Å²) in [6.45, 7) is 4.68.